The molecule has 1 fully saturated rings. The topological polar surface area (TPSA) is 87.2 Å². The fourth-order valence-electron chi connectivity index (χ4n) is 3.07. The number of guanidine groups is 1. The van der Waals surface area contributed by atoms with Crippen molar-refractivity contribution >= 4 is 41.7 Å². The van der Waals surface area contributed by atoms with Gasteiger partial charge < -0.3 is 15.4 Å². The van der Waals surface area contributed by atoms with Gasteiger partial charge in [0, 0.05) is 28.8 Å². The van der Waals surface area contributed by atoms with Crippen LogP contribution in [-0.4, -0.2) is 46.6 Å². The van der Waals surface area contributed by atoms with Crippen LogP contribution in [0, 0.1) is 0 Å². The number of aliphatic imine (C=N–C) groups is 1. The van der Waals surface area contributed by atoms with Crippen LogP contribution in [0.4, 0.5) is 0 Å². The summed E-state index contributed by atoms with van der Waals surface area (Å²) in [4.78, 5) is 10.2. The van der Waals surface area contributed by atoms with Gasteiger partial charge >= 0.3 is 0 Å². The van der Waals surface area contributed by atoms with Crippen molar-refractivity contribution in [2.75, 3.05) is 20.7 Å². The molecule has 1 saturated carbocycles. The third-order valence-electron chi connectivity index (χ3n) is 4.99. The quantitative estimate of drug-likeness (QED) is 0.223. The Balaban J connectivity index is 0.00000272. The number of thioether (sulfide) groups is 1. The highest BCUT2D eigenvalue weighted by molar-refractivity contribution is 14.0. The van der Waals surface area contributed by atoms with E-state index < -0.39 is 0 Å². The van der Waals surface area contributed by atoms with Gasteiger partial charge in [0.05, 0.1) is 13.7 Å². The predicted molar refractivity (Wildman–Crippen MR) is 136 cm³/mol. The van der Waals surface area contributed by atoms with E-state index >= 15 is 0 Å². The van der Waals surface area contributed by atoms with Crippen LogP contribution in [0.25, 0.3) is 11.4 Å². The molecule has 164 valence electrons. The Morgan fingerprint density at radius 1 is 1.13 bits per heavy atom. The van der Waals surface area contributed by atoms with E-state index in [0.717, 1.165) is 29.6 Å². The SMILES string of the molecule is CN=C(NCc1nc(-c2ccc(OC)cc2)n[nH]1)NCC1(Sc2ccccc2)CC1.I. The predicted octanol–water partition coefficient (Wildman–Crippen LogP) is 4.09. The Hall–Kier alpha value is -2.27. The molecule has 1 aliphatic carbocycles. The third kappa shape index (κ3) is 6.36. The average Bonchev–Trinajstić information content (AvgIpc) is 3.39. The van der Waals surface area contributed by atoms with Gasteiger partial charge in [-0.25, -0.2) is 4.98 Å². The molecule has 3 N–H and O–H groups in total. The number of aromatic nitrogens is 3. The van der Waals surface area contributed by atoms with Crippen LogP contribution < -0.4 is 15.4 Å². The summed E-state index contributed by atoms with van der Waals surface area (Å²) >= 11 is 1.94. The summed E-state index contributed by atoms with van der Waals surface area (Å²) < 4.78 is 5.45. The van der Waals surface area contributed by atoms with Gasteiger partial charge in [0.25, 0.3) is 0 Å². The van der Waals surface area contributed by atoms with Crippen LogP contribution in [0.5, 0.6) is 5.75 Å². The maximum atomic E-state index is 5.19. The van der Waals surface area contributed by atoms with Crippen molar-refractivity contribution in [1.29, 1.82) is 0 Å². The molecule has 31 heavy (non-hydrogen) atoms. The number of nitrogens with zero attached hydrogens (tertiary/aromatic N) is 3. The zero-order valence-electron chi connectivity index (χ0n) is 17.6. The normalized spacial score (nSPS) is 14.5. The number of ether oxygens (including phenoxy) is 1. The maximum Gasteiger partial charge on any atom is 0.191 e. The molecule has 7 nitrogen and oxygen atoms in total. The zero-order valence-corrected chi connectivity index (χ0v) is 20.7. The van der Waals surface area contributed by atoms with E-state index in [9.17, 15) is 0 Å². The summed E-state index contributed by atoms with van der Waals surface area (Å²) in [5.41, 5.74) is 0.939. The monoisotopic (exact) mass is 550 g/mol. The molecule has 9 heteroatoms. The number of benzene rings is 2. The highest BCUT2D eigenvalue weighted by Crippen LogP contribution is 2.51. The smallest absolute Gasteiger partial charge is 0.191 e. The van der Waals surface area contributed by atoms with E-state index in [1.165, 1.54) is 17.7 Å². The average molecular weight is 550 g/mol. The second-order valence-electron chi connectivity index (χ2n) is 7.21. The van der Waals surface area contributed by atoms with Gasteiger partial charge in [-0.15, -0.1) is 35.7 Å². The van der Waals surface area contributed by atoms with Gasteiger partial charge in [-0.2, -0.15) is 5.10 Å². The maximum absolute atomic E-state index is 5.19. The summed E-state index contributed by atoms with van der Waals surface area (Å²) in [5.74, 6) is 2.99. The van der Waals surface area contributed by atoms with E-state index in [2.05, 4.69) is 61.1 Å². The van der Waals surface area contributed by atoms with Gasteiger partial charge in [-0.05, 0) is 49.2 Å². The fourth-order valence-corrected chi connectivity index (χ4v) is 4.31. The van der Waals surface area contributed by atoms with Crippen molar-refractivity contribution in [2.24, 2.45) is 4.99 Å². The number of nitrogens with one attached hydrogen (secondary N) is 3. The summed E-state index contributed by atoms with van der Waals surface area (Å²) in [6, 6.07) is 18.3. The summed E-state index contributed by atoms with van der Waals surface area (Å²) in [6.07, 6.45) is 2.42. The number of aromatic amines is 1. The first kappa shape index (κ1) is 23.4. The van der Waals surface area contributed by atoms with E-state index in [4.69, 9.17) is 4.74 Å². The number of halogens is 1. The van der Waals surface area contributed by atoms with Gasteiger partial charge in [-0.1, -0.05) is 18.2 Å². The lowest BCUT2D eigenvalue weighted by molar-refractivity contribution is 0.415. The molecular formula is C22H27IN6OS. The van der Waals surface area contributed by atoms with Crippen molar-refractivity contribution in [2.45, 2.75) is 29.0 Å². The fraction of sp³-hybridized carbons (Fsp3) is 0.318. The summed E-state index contributed by atoms with van der Waals surface area (Å²) in [5, 5.41) is 14.1. The number of hydrogen-bond donors (Lipinski definition) is 3. The molecule has 4 rings (SSSR count). The highest BCUT2D eigenvalue weighted by Gasteiger charge is 2.43. The molecular weight excluding hydrogens is 523 g/mol. The van der Waals surface area contributed by atoms with Crippen LogP contribution in [0.1, 0.15) is 18.7 Å². The molecule has 0 saturated heterocycles. The van der Waals surface area contributed by atoms with Crippen LogP contribution in [0.2, 0.25) is 0 Å². The van der Waals surface area contributed by atoms with Crippen molar-refractivity contribution in [3.8, 4) is 17.1 Å². The Labute approximate surface area is 203 Å². The molecule has 2 aromatic carbocycles. The minimum Gasteiger partial charge on any atom is -0.497 e. The van der Waals surface area contributed by atoms with Gasteiger partial charge in [-0.3, -0.25) is 10.1 Å². The largest absolute Gasteiger partial charge is 0.497 e. The molecule has 1 heterocycles. The molecule has 0 aliphatic heterocycles. The second kappa shape index (κ2) is 10.9. The Bertz CT molecular complexity index is 989. The van der Waals surface area contributed by atoms with Gasteiger partial charge in [0.2, 0.25) is 0 Å². The third-order valence-corrected chi connectivity index (χ3v) is 6.48. The van der Waals surface area contributed by atoms with Crippen LogP contribution in [-0.2, 0) is 6.54 Å². The number of rotatable bonds is 8. The number of methoxy groups -OCH3 is 1. The highest BCUT2D eigenvalue weighted by atomic mass is 127. The Kier molecular flexibility index (Phi) is 8.19. The standard InChI is InChI=1S/C22H26N6OS.HI/c1-23-21(25-15-22(12-13-22)30-18-6-4-3-5-7-18)24-14-19-26-20(28-27-19)16-8-10-17(29-2)11-9-16;/h3-11H,12-15H2,1-2H3,(H2,23,24,25)(H,26,27,28);1H. The van der Waals surface area contributed by atoms with Crippen LogP contribution in [0.15, 0.2) is 64.5 Å². The van der Waals surface area contributed by atoms with Crippen molar-refractivity contribution in [3.63, 3.8) is 0 Å². The van der Waals surface area contributed by atoms with Crippen molar-refractivity contribution in [1.82, 2.24) is 25.8 Å². The van der Waals surface area contributed by atoms with Crippen LogP contribution >= 0.6 is 35.7 Å². The lowest BCUT2D eigenvalue weighted by Gasteiger charge is -2.18. The van der Waals surface area contributed by atoms with Crippen molar-refractivity contribution in [3.05, 3.63) is 60.4 Å². The number of hydrogen-bond acceptors (Lipinski definition) is 5. The minimum absolute atomic E-state index is 0. The van der Waals surface area contributed by atoms with E-state index in [0.29, 0.717) is 12.4 Å². The van der Waals surface area contributed by atoms with Gasteiger partial charge in [0.1, 0.15) is 11.6 Å². The molecule has 1 aromatic heterocycles. The molecule has 0 spiro atoms. The molecule has 0 amide bonds. The second-order valence-corrected chi connectivity index (χ2v) is 8.75. The first-order chi connectivity index (χ1) is 14.7. The molecule has 3 aromatic rings. The zero-order chi connectivity index (χ0) is 20.8. The lowest BCUT2D eigenvalue weighted by Crippen LogP contribution is -2.40. The molecule has 0 unspecified atom stereocenters. The Morgan fingerprint density at radius 2 is 1.87 bits per heavy atom. The Morgan fingerprint density at radius 3 is 2.52 bits per heavy atom. The lowest BCUT2D eigenvalue weighted by atomic mass is 10.2. The van der Waals surface area contributed by atoms with Crippen LogP contribution in [0.3, 0.4) is 0 Å². The summed E-state index contributed by atoms with van der Waals surface area (Å²) in [7, 11) is 3.43. The van der Waals surface area contributed by atoms with E-state index in [1.807, 2.05) is 36.0 Å². The van der Waals surface area contributed by atoms with E-state index in [-0.39, 0.29) is 28.7 Å². The first-order valence-corrected chi connectivity index (χ1v) is 10.8. The van der Waals surface area contributed by atoms with E-state index in [1.54, 1.807) is 14.2 Å². The molecule has 0 radical (unpaired) electrons. The molecule has 0 atom stereocenters. The summed E-state index contributed by atoms with van der Waals surface area (Å²) in [6.45, 7) is 1.39. The number of H-pyrrole nitrogens is 1. The molecule has 1 aliphatic rings. The van der Waals surface area contributed by atoms with Crippen molar-refractivity contribution < 1.29 is 4.74 Å². The minimum atomic E-state index is 0. The first-order valence-electron chi connectivity index (χ1n) is 9.94. The molecule has 0 bridgehead atoms. The van der Waals surface area contributed by atoms with Gasteiger partial charge in [0.15, 0.2) is 11.8 Å².